The predicted molar refractivity (Wildman–Crippen MR) is 135 cm³/mol. The molecule has 206 valence electrons. The van der Waals surface area contributed by atoms with Crippen molar-refractivity contribution in [1.82, 2.24) is 19.2 Å². The highest BCUT2D eigenvalue weighted by molar-refractivity contribution is 5.92. The summed E-state index contributed by atoms with van der Waals surface area (Å²) in [5.74, 6) is -1.75. The van der Waals surface area contributed by atoms with Gasteiger partial charge < -0.3 is 9.64 Å². The predicted octanol–water partition coefficient (Wildman–Crippen LogP) is 3.19. The first-order valence-corrected chi connectivity index (χ1v) is 12.4. The Hall–Kier alpha value is -4.22. The van der Waals surface area contributed by atoms with E-state index in [-0.39, 0.29) is 31.8 Å². The van der Waals surface area contributed by atoms with Crippen LogP contribution < -0.4 is 11.2 Å². The van der Waals surface area contributed by atoms with Crippen LogP contribution in [0.1, 0.15) is 46.9 Å². The molecule has 4 rings (SSSR count). The molecule has 12 heteroatoms. The van der Waals surface area contributed by atoms with Crippen LogP contribution >= 0.6 is 0 Å². The van der Waals surface area contributed by atoms with Crippen molar-refractivity contribution < 1.29 is 27.5 Å². The molecule has 1 aliphatic rings. The molecule has 2 aromatic carbocycles. The molecule has 1 aromatic heterocycles. The molecule has 1 saturated heterocycles. The van der Waals surface area contributed by atoms with Gasteiger partial charge in [0.2, 0.25) is 5.69 Å². The smallest absolute Gasteiger partial charge is 0.416 e. The number of hydrogen-bond donors (Lipinski definition) is 0. The van der Waals surface area contributed by atoms with Gasteiger partial charge in [0.15, 0.2) is 0 Å². The molecular weight excluding hydrogens is 517 g/mol. The SMILES string of the molecule is CCOC(=O)[C@@H]1CCCN(C(=O)c2nn(-c3ccc(C)cc3)c(=O)n(Cc3ccc(C(F)(F)F)cc3)c2=O)C1. The number of hydrogen-bond acceptors (Lipinski definition) is 6. The van der Waals surface area contributed by atoms with Crippen LogP contribution in [-0.2, 0) is 22.3 Å². The summed E-state index contributed by atoms with van der Waals surface area (Å²) in [7, 11) is 0. The molecule has 1 amide bonds. The number of aryl methyl sites for hydroxylation is 1. The molecule has 3 aromatic rings. The monoisotopic (exact) mass is 544 g/mol. The summed E-state index contributed by atoms with van der Waals surface area (Å²) in [6, 6.07) is 10.7. The van der Waals surface area contributed by atoms with Crippen LogP contribution in [0, 0.1) is 12.8 Å². The van der Waals surface area contributed by atoms with Crippen LogP contribution in [0.4, 0.5) is 13.2 Å². The number of piperidine rings is 1. The van der Waals surface area contributed by atoms with Gasteiger partial charge in [-0.2, -0.15) is 23.0 Å². The lowest BCUT2D eigenvalue weighted by Crippen LogP contribution is -2.49. The second kappa shape index (κ2) is 11.3. The molecule has 0 aliphatic carbocycles. The number of carbonyl (C=O) groups is 2. The number of carbonyl (C=O) groups excluding carboxylic acids is 2. The third kappa shape index (κ3) is 6.10. The fourth-order valence-electron chi connectivity index (χ4n) is 4.39. The zero-order chi connectivity index (χ0) is 28.3. The number of likely N-dealkylation sites (tertiary alicyclic amines) is 1. The Morgan fingerprint density at radius 1 is 1.05 bits per heavy atom. The maximum absolute atomic E-state index is 13.5. The van der Waals surface area contributed by atoms with E-state index in [1.165, 1.54) is 17.0 Å². The van der Waals surface area contributed by atoms with Gasteiger partial charge in [0.25, 0.3) is 11.5 Å². The third-order valence-corrected chi connectivity index (χ3v) is 6.49. The number of ether oxygens (including phenoxy) is 1. The van der Waals surface area contributed by atoms with Crippen LogP contribution in [-0.4, -0.2) is 50.8 Å². The number of aromatic nitrogens is 3. The van der Waals surface area contributed by atoms with Crippen molar-refractivity contribution in [1.29, 1.82) is 0 Å². The average Bonchev–Trinajstić information content (AvgIpc) is 2.91. The summed E-state index contributed by atoms with van der Waals surface area (Å²) < 4.78 is 45.8. The number of esters is 1. The van der Waals surface area contributed by atoms with E-state index in [4.69, 9.17) is 4.74 Å². The molecule has 0 spiro atoms. The van der Waals surface area contributed by atoms with Crippen LogP contribution in [0.25, 0.3) is 5.69 Å². The molecule has 1 aliphatic heterocycles. The molecule has 0 radical (unpaired) electrons. The van der Waals surface area contributed by atoms with E-state index in [1.54, 1.807) is 31.2 Å². The second-order valence-electron chi connectivity index (χ2n) is 9.31. The zero-order valence-electron chi connectivity index (χ0n) is 21.4. The van der Waals surface area contributed by atoms with Gasteiger partial charge in [-0.25, -0.2) is 4.79 Å². The number of nitrogens with zero attached hydrogens (tertiary/aromatic N) is 4. The summed E-state index contributed by atoms with van der Waals surface area (Å²) in [5, 5.41) is 4.12. The molecule has 9 nitrogen and oxygen atoms in total. The van der Waals surface area contributed by atoms with E-state index >= 15 is 0 Å². The number of alkyl halides is 3. The van der Waals surface area contributed by atoms with Gasteiger partial charge in [-0.15, -0.1) is 0 Å². The van der Waals surface area contributed by atoms with E-state index in [0.717, 1.165) is 26.9 Å². The van der Waals surface area contributed by atoms with Gasteiger partial charge in [0.1, 0.15) is 0 Å². The summed E-state index contributed by atoms with van der Waals surface area (Å²) in [6.07, 6.45) is -3.51. The Labute approximate surface area is 221 Å². The Bertz CT molecular complexity index is 1480. The fraction of sp³-hybridized carbons (Fsp3) is 0.370. The van der Waals surface area contributed by atoms with Gasteiger partial charge in [0.05, 0.1) is 30.3 Å². The van der Waals surface area contributed by atoms with E-state index in [0.29, 0.717) is 18.5 Å². The summed E-state index contributed by atoms with van der Waals surface area (Å²) >= 11 is 0. The minimum absolute atomic E-state index is 0.0291. The first-order chi connectivity index (χ1) is 18.5. The molecule has 0 bridgehead atoms. The molecule has 0 unspecified atom stereocenters. The lowest BCUT2D eigenvalue weighted by molar-refractivity contribution is -0.149. The third-order valence-electron chi connectivity index (χ3n) is 6.49. The van der Waals surface area contributed by atoms with Crippen LogP contribution in [0.5, 0.6) is 0 Å². The van der Waals surface area contributed by atoms with Crippen molar-refractivity contribution in [2.24, 2.45) is 5.92 Å². The topological polar surface area (TPSA) is 104 Å². The minimum atomic E-state index is -4.54. The highest BCUT2D eigenvalue weighted by atomic mass is 19.4. The van der Waals surface area contributed by atoms with Crippen LogP contribution in [0.2, 0.25) is 0 Å². The van der Waals surface area contributed by atoms with Crippen molar-refractivity contribution in [2.75, 3.05) is 19.7 Å². The number of halogens is 3. The highest BCUT2D eigenvalue weighted by Crippen LogP contribution is 2.29. The van der Waals surface area contributed by atoms with Crippen molar-refractivity contribution in [3.05, 3.63) is 91.8 Å². The molecule has 0 N–H and O–H groups in total. The molecule has 1 atom stereocenters. The lowest BCUT2D eigenvalue weighted by Gasteiger charge is -2.31. The molecule has 1 fully saturated rings. The average molecular weight is 545 g/mol. The lowest BCUT2D eigenvalue weighted by atomic mass is 9.98. The van der Waals surface area contributed by atoms with Crippen molar-refractivity contribution in [3.63, 3.8) is 0 Å². The van der Waals surface area contributed by atoms with Gasteiger partial charge in [-0.05, 0) is 56.5 Å². The second-order valence-corrected chi connectivity index (χ2v) is 9.31. The highest BCUT2D eigenvalue weighted by Gasteiger charge is 2.33. The Kier molecular flexibility index (Phi) is 8.03. The fourth-order valence-corrected chi connectivity index (χ4v) is 4.39. The van der Waals surface area contributed by atoms with Gasteiger partial charge in [-0.3, -0.25) is 19.0 Å². The zero-order valence-corrected chi connectivity index (χ0v) is 21.4. The summed E-state index contributed by atoms with van der Waals surface area (Å²) in [4.78, 5) is 53.9. The normalized spacial score (nSPS) is 15.7. The van der Waals surface area contributed by atoms with Crippen molar-refractivity contribution in [2.45, 2.75) is 39.4 Å². The quantitative estimate of drug-likeness (QED) is 0.442. The first kappa shape index (κ1) is 27.8. The molecular formula is C27H27F3N4O5. The van der Waals surface area contributed by atoms with E-state index in [1.807, 2.05) is 6.92 Å². The maximum Gasteiger partial charge on any atom is 0.416 e. The van der Waals surface area contributed by atoms with Gasteiger partial charge in [0, 0.05) is 13.1 Å². The largest absolute Gasteiger partial charge is 0.466 e. The van der Waals surface area contributed by atoms with Gasteiger partial charge >= 0.3 is 17.8 Å². The maximum atomic E-state index is 13.5. The van der Waals surface area contributed by atoms with Crippen LogP contribution in [0.15, 0.2) is 58.1 Å². The Morgan fingerprint density at radius 2 is 1.72 bits per heavy atom. The Morgan fingerprint density at radius 3 is 2.33 bits per heavy atom. The van der Waals surface area contributed by atoms with Gasteiger partial charge in [-0.1, -0.05) is 29.8 Å². The van der Waals surface area contributed by atoms with Crippen molar-refractivity contribution in [3.8, 4) is 5.69 Å². The minimum Gasteiger partial charge on any atom is -0.466 e. The molecule has 2 heterocycles. The summed E-state index contributed by atoms with van der Waals surface area (Å²) in [6.45, 7) is 3.65. The van der Waals surface area contributed by atoms with Crippen molar-refractivity contribution >= 4 is 11.9 Å². The number of amides is 1. The van der Waals surface area contributed by atoms with E-state index in [9.17, 15) is 32.3 Å². The van der Waals surface area contributed by atoms with E-state index in [2.05, 4.69) is 5.10 Å². The van der Waals surface area contributed by atoms with E-state index < -0.39 is 46.5 Å². The Balaban J connectivity index is 1.77. The first-order valence-electron chi connectivity index (χ1n) is 12.4. The number of benzene rings is 2. The molecule has 0 saturated carbocycles. The summed E-state index contributed by atoms with van der Waals surface area (Å²) in [5.41, 5.74) is -1.80. The number of rotatable bonds is 6. The standard InChI is InChI=1S/C27H27F3N4O5/c1-3-39-25(37)19-5-4-14-32(16-19)23(35)22-24(36)33(15-18-8-10-20(11-9-18)27(28,29)30)26(38)34(31-22)21-12-6-17(2)7-13-21/h6-13,19H,3-5,14-16H2,1-2H3/t19-/m1/s1. The molecule has 39 heavy (non-hydrogen) atoms. The van der Waals surface area contributed by atoms with Crippen LogP contribution in [0.3, 0.4) is 0 Å².